The molecule has 0 aromatic carbocycles. The summed E-state index contributed by atoms with van der Waals surface area (Å²) in [5.41, 5.74) is 5.57. The molecule has 12 heavy (non-hydrogen) atoms. The Kier molecular flexibility index (Phi) is 3.55. The second-order valence-corrected chi connectivity index (χ2v) is 5.21. The molecule has 0 bridgehead atoms. The van der Waals surface area contributed by atoms with Gasteiger partial charge in [0.25, 0.3) is 0 Å². The lowest BCUT2D eigenvalue weighted by atomic mass is 10.3. The Hall–Kier alpha value is -0.0600. The third kappa shape index (κ3) is 2.21. The van der Waals surface area contributed by atoms with Gasteiger partial charge in [0.15, 0.2) is 0 Å². The van der Waals surface area contributed by atoms with Crippen LogP contribution in [0, 0.1) is 0 Å². The van der Waals surface area contributed by atoms with E-state index < -0.39 is 0 Å². The molecule has 0 aliphatic heterocycles. The van der Waals surface area contributed by atoms with E-state index in [0.29, 0.717) is 12.6 Å². The lowest BCUT2D eigenvalue weighted by molar-refractivity contribution is 0.700. The molecule has 68 valence electrons. The van der Waals surface area contributed by atoms with E-state index in [1.165, 1.54) is 5.00 Å². The molecule has 1 unspecified atom stereocenters. The van der Waals surface area contributed by atoms with Crippen LogP contribution in [-0.2, 0) is 0 Å². The minimum atomic E-state index is 0.399. The van der Waals surface area contributed by atoms with Crippen molar-refractivity contribution in [3.8, 4) is 0 Å². The monoisotopic (exact) mass is 248 g/mol. The Bertz CT molecular complexity index is 249. The Labute approximate surface area is 85.5 Å². The number of anilines is 1. The van der Waals surface area contributed by atoms with Crippen molar-refractivity contribution < 1.29 is 0 Å². The first-order chi connectivity index (χ1) is 5.65. The highest BCUT2D eigenvalue weighted by Crippen LogP contribution is 2.29. The van der Waals surface area contributed by atoms with Gasteiger partial charge in [0.2, 0.25) is 0 Å². The Morgan fingerprint density at radius 1 is 1.67 bits per heavy atom. The second-order valence-electron chi connectivity index (χ2n) is 2.77. The molecule has 1 heterocycles. The number of likely N-dealkylation sites (N-methyl/N-ethyl adjacent to an activating group) is 1. The van der Waals surface area contributed by atoms with E-state index in [-0.39, 0.29) is 0 Å². The van der Waals surface area contributed by atoms with Crippen molar-refractivity contribution in [1.29, 1.82) is 0 Å². The van der Waals surface area contributed by atoms with Crippen molar-refractivity contribution in [3.05, 3.63) is 15.9 Å². The maximum absolute atomic E-state index is 5.57. The van der Waals surface area contributed by atoms with Gasteiger partial charge in [0, 0.05) is 19.6 Å². The van der Waals surface area contributed by atoms with Crippen LogP contribution in [0.25, 0.3) is 0 Å². The van der Waals surface area contributed by atoms with Gasteiger partial charge >= 0.3 is 0 Å². The number of thiophene rings is 1. The molecule has 4 heteroatoms. The van der Waals surface area contributed by atoms with Gasteiger partial charge < -0.3 is 10.6 Å². The van der Waals surface area contributed by atoms with Crippen molar-refractivity contribution in [2.75, 3.05) is 18.5 Å². The van der Waals surface area contributed by atoms with Crippen LogP contribution in [0.1, 0.15) is 6.92 Å². The molecule has 0 saturated carbocycles. The molecule has 1 rings (SSSR count). The number of nitrogens with two attached hydrogens (primary N) is 1. The zero-order chi connectivity index (χ0) is 9.14. The summed E-state index contributed by atoms with van der Waals surface area (Å²) in [6.07, 6.45) is 0. The predicted octanol–water partition coefficient (Wildman–Crippen LogP) is 2.29. The summed E-state index contributed by atoms with van der Waals surface area (Å²) in [7, 11) is 2.07. The third-order valence-corrected chi connectivity index (χ3v) is 3.62. The van der Waals surface area contributed by atoms with Gasteiger partial charge in [0.1, 0.15) is 0 Å². The molecule has 2 nitrogen and oxygen atoms in total. The first kappa shape index (κ1) is 10.0. The van der Waals surface area contributed by atoms with Crippen LogP contribution >= 0.6 is 27.3 Å². The number of hydrogen-bond donors (Lipinski definition) is 1. The van der Waals surface area contributed by atoms with Gasteiger partial charge in [-0.05, 0) is 35.0 Å². The lowest BCUT2D eigenvalue weighted by Gasteiger charge is -2.23. The van der Waals surface area contributed by atoms with E-state index in [1.807, 2.05) is 0 Å². The molecule has 0 fully saturated rings. The van der Waals surface area contributed by atoms with Gasteiger partial charge in [0.05, 0.1) is 8.79 Å². The average Bonchev–Trinajstić information content (AvgIpc) is 2.49. The Balaban J connectivity index is 2.70. The fourth-order valence-electron chi connectivity index (χ4n) is 0.870. The molecule has 1 atom stereocenters. The van der Waals surface area contributed by atoms with Crippen molar-refractivity contribution in [3.63, 3.8) is 0 Å². The fraction of sp³-hybridized carbons (Fsp3) is 0.500. The number of halogens is 1. The summed E-state index contributed by atoms with van der Waals surface area (Å²) in [6, 6.07) is 4.55. The normalized spacial score (nSPS) is 13.0. The molecule has 1 aromatic rings. The summed E-state index contributed by atoms with van der Waals surface area (Å²) in [5, 5.41) is 1.25. The molecule has 0 aliphatic carbocycles. The van der Waals surface area contributed by atoms with Gasteiger partial charge in [-0.3, -0.25) is 0 Å². The largest absolute Gasteiger partial charge is 0.363 e. The van der Waals surface area contributed by atoms with Gasteiger partial charge in [-0.2, -0.15) is 0 Å². The summed E-state index contributed by atoms with van der Waals surface area (Å²) < 4.78 is 1.16. The quantitative estimate of drug-likeness (QED) is 0.890. The minimum absolute atomic E-state index is 0.399. The number of rotatable bonds is 3. The fourth-order valence-corrected chi connectivity index (χ4v) is 2.30. The highest BCUT2D eigenvalue weighted by Gasteiger charge is 2.09. The first-order valence-electron chi connectivity index (χ1n) is 3.83. The highest BCUT2D eigenvalue weighted by molar-refractivity contribution is 9.11. The average molecular weight is 249 g/mol. The van der Waals surface area contributed by atoms with Crippen molar-refractivity contribution in [2.45, 2.75) is 13.0 Å². The molecular weight excluding hydrogens is 236 g/mol. The maximum Gasteiger partial charge on any atom is 0.0920 e. The minimum Gasteiger partial charge on any atom is -0.363 e. The summed E-state index contributed by atoms with van der Waals surface area (Å²) >= 11 is 5.16. The zero-order valence-corrected chi connectivity index (χ0v) is 9.65. The van der Waals surface area contributed by atoms with E-state index in [0.717, 1.165) is 3.79 Å². The van der Waals surface area contributed by atoms with Crippen LogP contribution in [0.4, 0.5) is 5.00 Å². The first-order valence-corrected chi connectivity index (χ1v) is 5.44. The smallest absolute Gasteiger partial charge is 0.0920 e. The van der Waals surface area contributed by atoms with Crippen molar-refractivity contribution in [1.82, 2.24) is 0 Å². The van der Waals surface area contributed by atoms with E-state index in [1.54, 1.807) is 11.3 Å². The van der Waals surface area contributed by atoms with E-state index >= 15 is 0 Å². The van der Waals surface area contributed by atoms with Crippen LogP contribution in [-0.4, -0.2) is 19.6 Å². The van der Waals surface area contributed by atoms with Crippen molar-refractivity contribution in [2.24, 2.45) is 5.73 Å². The molecule has 1 aromatic heterocycles. The molecule has 0 aliphatic rings. The molecule has 2 N–H and O–H groups in total. The zero-order valence-electron chi connectivity index (χ0n) is 7.25. The predicted molar refractivity (Wildman–Crippen MR) is 58.9 cm³/mol. The molecular formula is C8H13BrN2S. The SMILES string of the molecule is CC(CN)N(C)c1ccc(Br)s1. The van der Waals surface area contributed by atoms with Crippen LogP contribution in [0.15, 0.2) is 15.9 Å². The summed E-state index contributed by atoms with van der Waals surface area (Å²) in [4.78, 5) is 2.19. The second kappa shape index (κ2) is 4.25. The summed E-state index contributed by atoms with van der Waals surface area (Å²) in [5.74, 6) is 0. The van der Waals surface area contributed by atoms with Crippen LogP contribution in [0.2, 0.25) is 0 Å². The van der Waals surface area contributed by atoms with Crippen LogP contribution in [0.3, 0.4) is 0 Å². The number of nitrogens with zero attached hydrogens (tertiary/aromatic N) is 1. The van der Waals surface area contributed by atoms with E-state index in [2.05, 4.69) is 46.9 Å². The third-order valence-electron chi connectivity index (χ3n) is 1.91. The van der Waals surface area contributed by atoms with E-state index in [4.69, 9.17) is 5.73 Å². The standard InChI is InChI=1S/C8H13BrN2S/c1-6(5-10)11(2)8-4-3-7(9)12-8/h3-4,6H,5,10H2,1-2H3. The van der Waals surface area contributed by atoms with Gasteiger partial charge in [-0.1, -0.05) is 0 Å². The Morgan fingerprint density at radius 3 is 2.75 bits per heavy atom. The van der Waals surface area contributed by atoms with Gasteiger partial charge in [-0.25, -0.2) is 0 Å². The molecule has 0 amide bonds. The maximum atomic E-state index is 5.57. The molecule has 0 spiro atoms. The van der Waals surface area contributed by atoms with E-state index in [9.17, 15) is 0 Å². The van der Waals surface area contributed by atoms with Crippen molar-refractivity contribution >= 4 is 32.3 Å². The van der Waals surface area contributed by atoms with Crippen LogP contribution < -0.4 is 10.6 Å². The topological polar surface area (TPSA) is 29.3 Å². The van der Waals surface area contributed by atoms with Crippen LogP contribution in [0.5, 0.6) is 0 Å². The van der Waals surface area contributed by atoms with Gasteiger partial charge in [-0.15, -0.1) is 11.3 Å². The molecule has 0 saturated heterocycles. The lowest BCUT2D eigenvalue weighted by Crippen LogP contribution is -2.34. The highest BCUT2D eigenvalue weighted by atomic mass is 79.9. The summed E-state index contributed by atoms with van der Waals surface area (Å²) in [6.45, 7) is 2.81. The number of hydrogen-bond acceptors (Lipinski definition) is 3. The Morgan fingerprint density at radius 2 is 2.33 bits per heavy atom. The molecule has 0 radical (unpaired) electrons.